The van der Waals surface area contributed by atoms with E-state index in [2.05, 4.69) is 67.6 Å². The van der Waals surface area contributed by atoms with Crippen LogP contribution in [0.4, 0.5) is 0 Å². The molecule has 4 nitrogen and oxygen atoms in total. The summed E-state index contributed by atoms with van der Waals surface area (Å²) in [7, 11) is 2.22. The maximum atomic E-state index is 4.71. The minimum absolute atomic E-state index is 0. The van der Waals surface area contributed by atoms with Crippen molar-refractivity contribution in [3.63, 3.8) is 0 Å². The minimum atomic E-state index is 0. The smallest absolute Gasteiger partial charge is 0.191 e. The highest BCUT2D eigenvalue weighted by Gasteiger charge is 2.28. The second-order valence-electron chi connectivity index (χ2n) is 6.25. The van der Waals surface area contributed by atoms with Gasteiger partial charge >= 0.3 is 0 Å². The fourth-order valence-electron chi connectivity index (χ4n) is 2.52. The van der Waals surface area contributed by atoms with E-state index in [1.165, 1.54) is 24.0 Å². The molecule has 0 spiro atoms. The zero-order chi connectivity index (χ0) is 15.9. The van der Waals surface area contributed by atoms with Crippen LogP contribution in [-0.2, 0) is 6.54 Å². The lowest BCUT2D eigenvalue weighted by atomic mass is 10.1. The predicted octanol–water partition coefficient (Wildman–Crippen LogP) is 3.15. The molecule has 1 aliphatic rings. The Morgan fingerprint density at radius 2 is 2.00 bits per heavy atom. The molecular weight excluding hydrogens is 399 g/mol. The first-order valence-electron chi connectivity index (χ1n) is 8.40. The molecule has 2 rings (SSSR count). The van der Waals surface area contributed by atoms with Gasteiger partial charge in [0.25, 0.3) is 0 Å². The van der Waals surface area contributed by atoms with Crippen LogP contribution in [0.5, 0.6) is 0 Å². The van der Waals surface area contributed by atoms with Crippen molar-refractivity contribution in [3.8, 4) is 0 Å². The highest BCUT2D eigenvalue weighted by atomic mass is 127. The number of aliphatic imine (C=N–C) groups is 1. The number of aryl methyl sites for hydroxylation is 1. The Balaban J connectivity index is 0.00000264. The van der Waals surface area contributed by atoms with Crippen LogP contribution in [-0.4, -0.2) is 43.1 Å². The van der Waals surface area contributed by atoms with E-state index < -0.39 is 0 Å². The van der Waals surface area contributed by atoms with Crippen molar-refractivity contribution in [2.75, 3.05) is 20.1 Å². The number of likely N-dealkylation sites (N-methyl/N-ethyl adjacent to an activating group) is 1. The summed E-state index contributed by atoms with van der Waals surface area (Å²) in [6, 6.07) is 9.74. The van der Waals surface area contributed by atoms with Crippen LogP contribution in [0.2, 0.25) is 0 Å². The van der Waals surface area contributed by atoms with Crippen LogP contribution in [0.1, 0.15) is 37.8 Å². The van der Waals surface area contributed by atoms with Crippen molar-refractivity contribution in [3.05, 3.63) is 35.4 Å². The molecular formula is C18H31IN4. The Bertz CT molecular complexity index is 500. The molecule has 5 heteroatoms. The zero-order valence-corrected chi connectivity index (χ0v) is 17.1. The van der Waals surface area contributed by atoms with Gasteiger partial charge in [0.1, 0.15) is 0 Å². The summed E-state index contributed by atoms with van der Waals surface area (Å²) in [5, 5.41) is 6.80. The fourth-order valence-corrected chi connectivity index (χ4v) is 2.52. The van der Waals surface area contributed by atoms with Gasteiger partial charge in [-0.3, -0.25) is 4.90 Å². The molecule has 1 aliphatic carbocycles. The number of rotatable bonds is 7. The molecule has 1 aromatic rings. The third-order valence-electron chi connectivity index (χ3n) is 4.40. The van der Waals surface area contributed by atoms with Gasteiger partial charge in [0.2, 0.25) is 0 Å². The molecule has 1 aromatic carbocycles. The highest BCUT2D eigenvalue weighted by Crippen LogP contribution is 2.26. The average molecular weight is 430 g/mol. The van der Waals surface area contributed by atoms with E-state index in [1.54, 1.807) is 0 Å². The molecule has 0 amide bonds. The number of hydrogen-bond donors (Lipinski definition) is 2. The largest absolute Gasteiger partial charge is 0.357 e. The van der Waals surface area contributed by atoms with Crippen LogP contribution in [0.3, 0.4) is 0 Å². The van der Waals surface area contributed by atoms with E-state index >= 15 is 0 Å². The second kappa shape index (κ2) is 10.1. The number of guanidine groups is 1. The van der Waals surface area contributed by atoms with Gasteiger partial charge in [0.15, 0.2) is 5.96 Å². The third kappa shape index (κ3) is 6.67. The SMILES string of the molecule is CCNC(=NCc1ccccc1C)NCC(C)N(C)C1CC1.I. The van der Waals surface area contributed by atoms with Gasteiger partial charge in [-0.15, -0.1) is 24.0 Å². The van der Waals surface area contributed by atoms with Crippen molar-refractivity contribution >= 4 is 29.9 Å². The zero-order valence-electron chi connectivity index (χ0n) is 14.8. The number of nitrogens with one attached hydrogen (secondary N) is 2. The summed E-state index contributed by atoms with van der Waals surface area (Å²) < 4.78 is 0. The molecule has 1 atom stereocenters. The summed E-state index contributed by atoms with van der Waals surface area (Å²) in [4.78, 5) is 7.18. The minimum Gasteiger partial charge on any atom is -0.357 e. The fraction of sp³-hybridized carbons (Fsp3) is 0.611. The summed E-state index contributed by atoms with van der Waals surface area (Å²) >= 11 is 0. The third-order valence-corrected chi connectivity index (χ3v) is 4.40. The van der Waals surface area contributed by atoms with Crippen molar-refractivity contribution < 1.29 is 0 Å². The Morgan fingerprint density at radius 1 is 1.30 bits per heavy atom. The van der Waals surface area contributed by atoms with Gasteiger partial charge in [0.05, 0.1) is 6.54 Å². The van der Waals surface area contributed by atoms with Crippen molar-refractivity contribution in [2.45, 2.75) is 52.2 Å². The molecule has 130 valence electrons. The van der Waals surface area contributed by atoms with Crippen molar-refractivity contribution in [1.29, 1.82) is 0 Å². The van der Waals surface area contributed by atoms with Gasteiger partial charge in [0, 0.05) is 25.2 Å². The summed E-state index contributed by atoms with van der Waals surface area (Å²) in [6.07, 6.45) is 2.70. The van der Waals surface area contributed by atoms with Gasteiger partial charge in [-0.25, -0.2) is 4.99 Å². The van der Waals surface area contributed by atoms with Crippen molar-refractivity contribution in [1.82, 2.24) is 15.5 Å². The molecule has 1 fully saturated rings. The van der Waals surface area contributed by atoms with Crippen LogP contribution < -0.4 is 10.6 Å². The summed E-state index contributed by atoms with van der Waals surface area (Å²) in [6.45, 7) is 9.03. The Morgan fingerprint density at radius 3 is 2.61 bits per heavy atom. The van der Waals surface area contributed by atoms with E-state index in [0.717, 1.165) is 31.6 Å². The lowest BCUT2D eigenvalue weighted by Gasteiger charge is -2.25. The van der Waals surface area contributed by atoms with Crippen LogP contribution >= 0.6 is 24.0 Å². The standard InChI is InChI=1S/C18H30N4.HI/c1-5-19-18(20-12-15(3)22(4)17-10-11-17)21-13-16-9-7-6-8-14(16)2;/h6-9,15,17H,5,10-13H2,1-4H3,(H2,19,20,21);1H. The first-order valence-corrected chi connectivity index (χ1v) is 8.40. The van der Waals surface area contributed by atoms with Crippen LogP contribution in [0.15, 0.2) is 29.3 Å². The molecule has 0 aliphatic heterocycles. The number of hydrogen-bond acceptors (Lipinski definition) is 2. The monoisotopic (exact) mass is 430 g/mol. The van der Waals surface area contributed by atoms with Crippen LogP contribution in [0, 0.1) is 6.92 Å². The Hall–Kier alpha value is -0.820. The Labute approximate surface area is 158 Å². The molecule has 0 aromatic heterocycles. The maximum absolute atomic E-state index is 4.71. The highest BCUT2D eigenvalue weighted by molar-refractivity contribution is 14.0. The second-order valence-corrected chi connectivity index (χ2v) is 6.25. The number of benzene rings is 1. The number of nitrogens with zero attached hydrogens (tertiary/aromatic N) is 2. The van der Waals surface area contributed by atoms with E-state index in [1.807, 2.05) is 0 Å². The van der Waals surface area contributed by atoms with Gasteiger partial charge in [-0.1, -0.05) is 24.3 Å². The van der Waals surface area contributed by atoms with E-state index in [9.17, 15) is 0 Å². The molecule has 0 bridgehead atoms. The average Bonchev–Trinajstić information content (AvgIpc) is 3.35. The lowest BCUT2D eigenvalue weighted by Crippen LogP contribution is -2.45. The quantitative estimate of drug-likeness (QED) is 0.397. The van der Waals surface area contributed by atoms with Gasteiger partial charge in [-0.2, -0.15) is 0 Å². The first kappa shape index (κ1) is 20.2. The topological polar surface area (TPSA) is 39.7 Å². The molecule has 0 saturated heterocycles. The number of halogens is 1. The van der Waals surface area contributed by atoms with E-state index in [-0.39, 0.29) is 24.0 Å². The lowest BCUT2D eigenvalue weighted by molar-refractivity contribution is 0.247. The molecule has 23 heavy (non-hydrogen) atoms. The molecule has 2 N–H and O–H groups in total. The molecule has 0 heterocycles. The van der Waals surface area contributed by atoms with Crippen LogP contribution in [0.25, 0.3) is 0 Å². The first-order chi connectivity index (χ1) is 10.6. The summed E-state index contributed by atoms with van der Waals surface area (Å²) in [5.41, 5.74) is 2.58. The Kier molecular flexibility index (Phi) is 8.91. The molecule has 0 radical (unpaired) electrons. The van der Waals surface area contributed by atoms with Gasteiger partial charge < -0.3 is 10.6 Å². The maximum Gasteiger partial charge on any atom is 0.191 e. The normalized spacial score (nSPS) is 16.0. The summed E-state index contributed by atoms with van der Waals surface area (Å²) in [5.74, 6) is 0.904. The van der Waals surface area contributed by atoms with Crippen molar-refractivity contribution in [2.24, 2.45) is 4.99 Å². The van der Waals surface area contributed by atoms with E-state index in [4.69, 9.17) is 4.99 Å². The van der Waals surface area contributed by atoms with Gasteiger partial charge in [-0.05, 0) is 51.8 Å². The molecule has 1 unspecified atom stereocenters. The predicted molar refractivity (Wildman–Crippen MR) is 110 cm³/mol. The molecule has 1 saturated carbocycles. The van der Waals surface area contributed by atoms with E-state index in [0.29, 0.717) is 6.04 Å².